The van der Waals surface area contributed by atoms with E-state index in [0.717, 1.165) is 11.3 Å². The zero-order valence-electron chi connectivity index (χ0n) is 13.7. The van der Waals surface area contributed by atoms with Gasteiger partial charge in [0, 0.05) is 36.6 Å². The Morgan fingerprint density at radius 3 is 2.68 bits per heavy atom. The van der Waals surface area contributed by atoms with Gasteiger partial charge < -0.3 is 10.1 Å². The maximum atomic E-state index is 12.7. The molecule has 25 heavy (non-hydrogen) atoms. The minimum atomic E-state index is -0.325. The van der Waals surface area contributed by atoms with E-state index in [2.05, 4.69) is 10.4 Å². The third-order valence-electron chi connectivity index (χ3n) is 3.88. The van der Waals surface area contributed by atoms with Gasteiger partial charge in [-0.1, -0.05) is 41.9 Å². The average molecular weight is 356 g/mol. The lowest BCUT2D eigenvalue weighted by atomic mass is 10.1. The molecule has 128 valence electrons. The molecule has 1 atom stereocenters. The van der Waals surface area contributed by atoms with E-state index in [-0.39, 0.29) is 12.0 Å². The first-order valence-electron chi connectivity index (χ1n) is 7.85. The van der Waals surface area contributed by atoms with Crippen LogP contribution in [0, 0.1) is 0 Å². The Morgan fingerprint density at radius 1 is 1.20 bits per heavy atom. The highest BCUT2D eigenvalue weighted by Crippen LogP contribution is 2.24. The molecular weight excluding hydrogens is 338 g/mol. The number of hydrogen-bond acceptors (Lipinski definition) is 3. The molecule has 1 amide bonds. The first-order valence-corrected chi connectivity index (χ1v) is 8.23. The number of benzene rings is 2. The van der Waals surface area contributed by atoms with Crippen LogP contribution >= 0.6 is 11.6 Å². The first-order chi connectivity index (χ1) is 12.2. The standard InChI is InChI=1S/C19H18ClN3O2/c1-25-18(14-7-2-4-9-16(14)20)13-21-19(24)15-8-3-5-10-17(15)23-12-6-11-22-23/h2-12,18H,13H2,1H3,(H,21,24). The number of rotatable bonds is 6. The van der Waals surface area contributed by atoms with Crippen molar-refractivity contribution in [1.29, 1.82) is 0 Å². The molecule has 3 aromatic rings. The molecule has 0 aliphatic rings. The SMILES string of the molecule is COC(CNC(=O)c1ccccc1-n1cccn1)c1ccccc1Cl. The Bertz CT molecular complexity index is 849. The van der Waals surface area contributed by atoms with E-state index in [4.69, 9.17) is 16.3 Å². The quantitative estimate of drug-likeness (QED) is 0.734. The predicted octanol–water partition coefficient (Wildman–Crippen LogP) is 3.64. The summed E-state index contributed by atoms with van der Waals surface area (Å²) >= 11 is 6.22. The summed E-state index contributed by atoms with van der Waals surface area (Å²) in [6, 6.07) is 16.6. The average Bonchev–Trinajstić information content (AvgIpc) is 3.18. The Balaban J connectivity index is 1.76. The van der Waals surface area contributed by atoms with Crippen LogP contribution in [-0.2, 0) is 4.74 Å². The van der Waals surface area contributed by atoms with Crippen molar-refractivity contribution >= 4 is 17.5 Å². The molecule has 2 aromatic carbocycles. The van der Waals surface area contributed by atoms with Crippen LogP contribution in [0.1, 0.15) is 22.0 Å². The van der Waals surface area contributed by atoms with Crippen LogP contribution in [0.5, 0.6) is 0 Å². The van der Waals surface area contributed by atoms with Crippen molar-refractivity contribution in [3.63, 3.8) is 0 Å². The number of para-hydroxylation sites is 1. The van der Waals surface area contributed by atoms with Crippen LogP contribution in [0.3, 0.4) is 0 Å². The molecule has 0 bridgehead atoms. The summed E-state index contributed by atoms with van der Waals surface area (Å²) in [6.07, 6.45) is 3.15. The highest BCUT2D eigenvalue weighted by Gasteiger charge is 2.17. The summed E-state index contributed by atoms with van der Waals surface area (Å²) < 4.78 is 7.15. The van der Waals surface area contributed by atoms with Crippen molar-refractivity contribution < 1.29 is 9.53 Å². The minimum absolute atomic E-state index is 0.194. The van der Waals surface area contributed by atoms with Gasteiger partial charge in [0.05, 0.1) is 11.3 Å². The normalized spacial score (nSPS) is 11.9. The van der Waals surface area contributed by atoms with Crippen molar-refractivity contribution in [3.8, 4) is 5.69 Å². The molecule has 0 radical (unpaired) electrons. The summed E-state index contributed by atoms with van der Waals surface area (Å²) in [5.74, 6) is -0.194. The van der Waals surface area contributed by atoms with Crippen molar-refractivity contribution in [3.05, 3.63) is 83.1 Å². The van der Waals surface area contributed by atoms with Crippen LogP contribution in [0.2, 0.25) is 5.02 Å². The molecule has 0 aliphatic heterocycles. The van der Waals surface area contributed by atoms with E-state index in [1.54, 1.807) is 36.3 Å². The van der Waals surface area contributed by atoms with Crippen LogP contribution < -0.4 is 5.32 Å². The molecule has 5 nitrogen and oxygen atoms in total. The van der Waals surface area contributed by atoms with Gasteiger partial charge in [-0.2, -0.15) is 5.10 Å². The number of carbonyl (C=O) groups excluding carboxylic acids is 1. The van der Waals surface area contributed by atoms with E-state index in [1.807, 2.05) is 42.5 Å². The second-order valence-electron chi connectivity index (χ2n) is 5.42. The van der Waals surface area contributed by atoms with Gasteiger partial charge in [-0.05, 0) is 24.3 Å². The maximum Gasteiger partial charge on any atom is 0.253 e. The Labute approximate surface area is 151 Å². The number of amides is 1. The summed E-state index contributed by atoms with van der Waals surface area (Å²) in [5.41, 5.74) is 2.10. The van der Waals surface area contributed by atoms with Gasteiger partial charge in [-0.25, -0.2) is 4.68 Å². The van der Waals surface area contributed by atoms with Crippen molar-refractivity contribution in [2.75, 3.05) is 13.7 Å². The number of nitrogens with zero attached hydrogens (tertiary/aromatic N) is 2. The predicted molar refractivity (Wildman–Crippen MR) is 97.1 cm³/mol. The molecule has 1 N–H and O–H groups in total. The van der Waals surface area contributed by atoms with Gasteiger partial charge >= 0.3 is 0 Å². The van der Waals surface area contributed by atoms with Crippen molar-refractivity contribution in [2.45, 2.75) is 6.10 Å². The van der Waals surface area contributed by atoms with Gasteiger partial charge in [-0.3, -0.25) is 4.79 Å². The first kappa shape index (κ1) is 17.2. The highest BCUT2D eigenvalue weighted by atomic mass is 35.5. The highest BCUT2D eigenvalue weighted by molar-refractivity contribution is 6.31. The topological polar surface area (TPSA) is 56.1 Å². The van der Waals surface area contributed by atoms with Crippen molar-refractivity contribution in [2.24, 2.45) is 0 Å². The zero-order valence-corrected chi connectivity index (χ0v) is 14.5. The molecule has 0 aliphatic carbocycles. The fourth-order valence-electron chi connectivity index (χ4n) is 2.61. The van der Waals surface area contributed by atoms with Gasteiger partial charge in [0.2, 0.25) is 0 Å². The number of aromatic nitrogens is 2. The lowest BCUT2D eigenvalue weighted by molar-refractivity contribution is 0.0828. The second kappa shape index (κ2) is 7.96. The van der Waals surface area contributed by atoms with Gasteiger partial charge in [-0.15, -0.1) is 0 Å². The number of ether oxygens (including phenoxy) is 1. The van der Waals surface area contributed by atoms with Crippen LogP contribution in [-0.4, -0.2) is 29.3 Å². The number of halogens is 1. The van der Waals surface area contributed by atoms with E-state index in [0.29, 0.717) is 17.1 Å². The Hall–Kier alpha value is -2.63. The largest absolute Gasteiger partial charge is 0.375 e. The van der Waals surface area contributed by atoms with E-state index >= 15 is 0 Å². The molecule has 0 fully saturated rings. The lowest BCUT2D eigenvalue weighted by Crippen LogP contribution is -2.30. The summed E-state index contributed by atoms with van der Waals surface area (Å²) in [5, 5.41) is 7.72. The molecule has 6 heteroatoms. The molecule has 1 aromatic heterocycles. The number of carbonyl (C=O) groups is 1. The van der Waals surface area contributed by atoms with E-state index in [1.165, 1.54) is 0 Å². The Morgan fingerprint density at radius 2 is 1.96 bits per heavy atom. The molecule has 0 saturated carbocycles. The fourth-order valence-corrected chi connectivity index (χ4v) is 2.87. The lowest BCUT2D eigenvalue weighted by Gasteiger charge is -2.18. The number of methoxy groups -OCH3 is 1. The molecule has 0 spiro atoms. The second-order valence-corrected chi connectivity index (χ2v) is 5.83. The minimum Gasteiger partial charge on any atom is -0.375 e. The Kier molecular flexibility index (Phi) is 5.48. The summed E-state index contributed by atoms with van der Waals surface area (Å²) in [7, 11) is 1.60. The molecule has 1 heterocycles. The number of hydrogen-bond donors (Lipinski definition) is 1. The van der Waals surface area contributed by atoms with Crippen molar-refractivity contribution in [1.82, 2.24) is 15.1 Å². The smallest absolute Gasteiger partial charge is 0.253 e. The van der Waals surface area contributed by atoms with E-state index in [9.17, 15) is 4.79 Å². The molecular formula is C19H18ClN3O2. The fraction of sp³-hybridized carbons (Fsp3) is 0.158. The van der Waals surface area contributed by atoms with Crippen LogP contribution in [0.15, 0.2) is 67.0 Å². The number of nitrogens with one attached hydrogen (secondary N) is 1. The van der Waals surface area contributed by atoms with Crippen LogP contribution in [0.4, 0.5) is 0 Å². The van der Waals surface area contributed by atoms with Crippen LogP contribution in [0.25, 0.3) is 5.69 Å². The maximum absolute atomic E-state index is 12.7. The zero-order chi connectivity index (χ0) is 17.6. The summed E-state index contributed by atoms with van der Waals surface area (Å²) in [6.45, 7) is 0.312. The molecule has 1 unspecified atom stereocenters. The van der Waals surface area contributed by atoms with E-state index < -0.39 is 0 Å². The third-order valence-corrected chi connectivity index (χ3v) is 4.23. The third kappa shape index (κ3) is 3.90. The monoisotopic (exact) mass is 355 g/mol. The summed E-state index contributed by atoms with van der Waals surface area (Å²) in [4.78, 5) is 12.7. The van der Waals surface area contributed by atoms with Gasteiger partial charge in [0.25, 0.3) is 5.91 Å². The van der Waals surface area contributed by atoms with Gasteiger partial charge in [0.1, 0.15) is 6.10 Å². The van der Waals surface area contributed by atoms with Gasteiger partial charge in [0.15, 0.2) is 0 Å². The molecule has 3 rings (SSSR count). The molecule has 0 saturated heterocycles.